The number of imidazole rings is 1. The van der Waals surface area contributed by atoms with Crippen LogP contribution in [0.2, 0.25) is 0 Å². The molecule has 1 saturated carbocycles. The molecule has 1 aliphatic rings. The summed E-state index contributed by atoms with van der Waals surface area (Å²) < 4.78 is 7.85. The molecular weight excluding hydrogens is 396 g/mol. The SMILES string of the molecule is CCOCc1nc2c(N)nc3ccccc3c2n1CCNC(=S)NC1CCCCC1. The molecule has 3 aromatic rings. The Morgan fingerprint density at radius 3 is 2.83 bits per heavy atom. The molecule has 2 aromatic heterocycles. The second-order valence-corrected chi connectivity index (χ2v) is 8.17. The van der Waals surface area contributed by atoms with Gasteiger partial charge in [0.15, 0.2) is 10.9 Å². The van der Waals surface area contributed by atoms with Crippen molar-refractivity contribution in [3.05, 3.63) is 30.1 Å². The number of aromatic nitrogens is 3. The van der Waals surface area contributed by atoms with Crippen molar-refractivity contribution in [1.82, 2.24) is 25.2 Å². The predicted molar refractivity (Wildman–Crippen MR) is 125 cm³/mol. The maximum Gasteiger partial charge on any atom is 0.166 e. The molecule has 8 heteroatoms. The molecule has 1 fully saturated rings. The third-order valence-corrected chi connectivity index (χ3v) is 5.95. The number of fused-ring (bicyclic) bond motifs is 3. The van der Waals surface area contributed by atoms with E-state index in [4.69, 9.17) is 27.7 Å². The van der Waals surface area contributed by atoms with E-state index < -0.39 is 0 Å². The summed E-state index contributed by atoms with van der Waals surface area (Å²) in [6, 6.07) is 8.53. The van der Waals surface area contributed by atoms with E-state index in [0.29, 0.717) is 38.2 Å². The Hall–Kier alpha value is -2.45. The Labute approximate surface area is 182 Å². The van der Waals surface area contributed by atoms with Crippen molar-refractivity contribution in [2.24, 2.45) is 0 Å². The van der Waals surface area contributed by atoms with Crippen molar-refractivity contribution in [1.29, 1.82) is 0 Å². The minimum absolute atomic E-state index is 0.434. The largest absolute Gasteiger partial charge is 0.382 e. The quantitative estimate of drug-likeness (QED) is 0.498. The minimum Gasteiger partial charge on any atom is -0.382 e. The van der Waals surface area contributed by atoms with Crippen LogP contribution in [0.5, 0.6) is 0 Å². The molecule has 7 nitrogen and oxygen atoms in total. The molecule has 0 spiro atoms. The van der Waals surface area contributed by atoms with E-state index in [1.807, 2.05) is 25.1 Å². The van der Waals surface area contributed by atoms with E-state index >= 15 is 0 Å². The molecule has 0 unspecified atom stereocenters. The molecule has 4 N–H and O–H groups in total. The number of hydrogen-bond donors (Lipinski definition) is 3. The highest BCUT2D eigenvalue weighted by molar-refractivity contribution is 7.80. The molecule has 0 atom stereocenters. The smallest absolute Gasteiger partial charge is 0.166 e. The fourth-order valence-electron chi connectivity index (χ4n) is 4.21. The summed E-state index contributed by atoms with van der Waals surface area (Å²) in [6.07, 6.45) is 6.30. The van der Waals surface area contributed by atoms with E-state index in [1.54, 1.807) is 0 Å². The van der Waals surface area contributed by atoms with Crippen molar-refractivity contribution in [2.45, 2.75) is 58.2 Å². The van der Waals surface area contributed by atoms with Crippen LogP contribution in [-0.4, -0.2) is 38.8 Å². The zero-order valence-corrected chi connectivity index (χ0v) is 18.3. The van der Waals surface area contributed by atoms with E-state index in [1.165, 1.54) is 32.1 Å². The summed E-state index contributed by atoms with van der Waals surface area (Å²) >= 11 is 5.52. The molecule has 0 bridgehead atoms. The van der Waals surface area contributed by atoms with Crippen molar-refractivity contribution < 1.29 is 4.74 Å². The highest BCUT2D eigenvalue weighted by Gasteiger charge is 2.18. The third-order valence-electron chi connectivity index (χ3n) is 5.69. The lowest BCUT2D eigenvalue weighted by atomic mass is 9.96. The Morgan fingerprint density at radius 1 is 1.23 bits per heavy atom. The molecule has 4 rings (SSSR count). The highest BCUT2D eigenvalue weighted by atomic mass is 32.1. The second kappa shape index (κ2) is 9.57. The lowest BCUT2D eigenvalue weighted by molar-refractivity contribution is 0.126. The van der Waals surface area contributed by atoms with Gasteiger partial charge in [0.25, 0.3) is 0 Å². The van der Waals surface area contributed by atoms with Gasteiger partial charge in [-0.15, -0.1) is 0 Å². The number of nitrogen functional groups attached to an aromatic ring is 1. The first-order valence-corrected chi connectivity index (χ1v) is 11.2. The molecule has 0 amide bonds. The number of rotatable bonds is 7. The molecule has 1 aliphatic carbocycles. The monoisotopic (exact) mass is 426 g/mol. The maximum atomic E-state index is 6.24. The molecule has 160 valence electrons. The van der Waals surface area contributed by atoms with E-state index in [-0.39, 0.29) is 0 Å². The highest BCUT2D eigenvalue weighted by Crippen LogP contribution is 2.29. The van der Waals surface area contributed by atoms with Gasteiger partial charge >= 0.3 is 0 Å². The average Bonchev–Trinajstić information content (AvgIpc) is 3.12. The summed E-state index contributed by atoms with van der Waals surface area (Å²) in [5.74, 6) is 1.30. The molecular formula is C22H30N6OS. The molecule has 0 saturated heterocycles. The van der Waals surface area contributed by atoms with Crippen LogP contribution in [0.25, 0.3) is 21.9 Å². The second-order valence-electron chi connectivity index (χ2n) is 7.76. The zero-order chi connectivity index (χ0) is 20.9. The fraction of sp³-hybridized carbons (Fsp3) is 0.500. The number of ether oxygens (including phenoxy) is 1. The van der Waals surface area contributed by atoms with Gasteiger partial charge in [-0.25, -0.2) is 9.97 Å². The maximum absolute atomic E-state index is 6.24. The van der Waals surface area contributed by atoms with Crippen molar-refractivity contribution in [3.63, 3.8) is 0 Å². The Kier molecular flexibility index (Phi) is 6.64. The number of anilines is 1. The van der Waals surface area contributed by atoms with Crippen LogP contribution in [0.4, 0.5) is 5.82 Å². The van der Waals surface area contributed by atoms with Gasteiger partial charge in [-0.1, -0.05) is 37.5 Å². The molecule has 2 heterocycles. The van der Waals surface area contributed by atoms with E-state index in [0.717, 1.165) is 32.9 Å². The van der Waals surface area contributed by atoms with Crippen LogP contribution >= 0.6 is 12.2 Å². The Morgan fingerprint density at radius 2 is 2.03 bits per heavy atom. The van der Waals surface area contributed by atoms with Crippen molar-refractivity contribution >= 4 is 45.1 Å². The third kappa shape index (κ3) is 4.49. The number of thiocarbonyl (C=S) groups is 1. The standard InChI is InChI=1S/C22H30N6OS/c1-2-29-14-18-27-19-20(16-10-6-7-11-17(16)26-21(19)23)28(18)13-12-24-22(30)25-15-8-4-3-5-9-15/h6-7,10-11,15H,2-5,8-9,12-14H2,1H3,(H2,23,26)(H2,24,25,30). The summed E-state index contributed by atoms with van der Waals surface area (Å²) in [5, 5.41) is 8.59. The summed E-state index contributed by atoms with van der Waals surface area (Å²) in [4.78, 5) is 9.29. The minimum atomic E-state index is 0.434. The summed E-state index contributed by atoms with van der Waals surface area (Å²) in [7, 11) is 0. The molecule has 1 aromatic carbocycles. The average molecular weight is 427 g/mol. The topological polar surface area (TPSA) is 90.0 Å². The van der Waals surface area contributed by atoms with Gasteiger partial charge in [-0.2, -0.15) is 0 Å². The fourth-order valence-corrected chi connectivity index (χ4v) is 4.48. The molecule has 0 aliphatic heterocycles. The number of benzene rings is 1. The first-order valence-electron chi connectivity index (χ1n) is 10.8. The van der Waals surface area contributed by atoms with Crippen molar-refractivity contribution in [3.8, 4) is 0 Å². The number of para-hydroxylation sites is 1. The first-order chi connectivity index (χ1) is 14.7. The zero-order valence-electron chi connectivity index (χ0n) is 17.5. The molecule has 0 radical (unpaired) electrons. The normalized spacial score (nSPS) is 15.0. The van der Waals surface area contributed by atoms with Gasteiger partial charge in [0.2, 0.25) is 0 Å². The number of nitrogens with one attached hydrogen (secondary N) is 2. The van der Waals surface area contributed by atoms with E-state index in [9.17, 15) is 0 Å². The van der Waals surface area contributed by atoms with Gasteiger partial charge in [-0.3, -0.25) is 0 Å². The first kappa shape index (κ1) is 20.8. The van der Waals surface area contributed by atoms with Crippen LogP contribution < -0.4 is 16.4 Å². The number of hydrogen-bond acceptors (Lipinski definition) is 5. The van der Waals surface area contributed by atoms with Crippen LogP contribution in [0, 0.1) is 0 Å². The van der Waals surface area contributed by atoms with Gasteiger partial charge in [-0.05, 0) is 38.0 Å². The summed E-state index contributed by atoms with van der Waals surface area (Å²) in [6.45, 7) is 4.45. The molecule has 30 heavy (non-hydrogen) atoms. The van der Waals surface area contributed by atoms with Gasteiger partial charge in [0.05, 0.1) is 11.0 Å². The van der Waals surface area contributed by atoms with Gasteiger partial charge in [0, 0.05) is 31.1 Å². The Bertz CT molecular complexity index is 1030. The predicted octanol–water partition coefficient (Wildman–Crippen LogP) is 3.50. The van der Waals surface area contributed by atoms with Crippen LogP contribution in [0.15, 0.2) is 24.3 Å². The van der Waals surface area contributed by atoms with Gasteiger partial charge < -0.3 is 25.7 Å². The van der Waals surface area contributed by atoms with Crippen LogP contribution in [0.1, 0.15) is 44.9 Å². The van der Waals surface area contributed by atoms with Crippen molar-refractivity contribution in [2.75, 3.05) is 18.9 Å². The lowest BCUT2D eigenvalue weighted by Gasteiger charge is -2.24. The number of nitrogens with two attached hydrogens (primary N) is 1. The van der Waals surface area contributed by atoms with E-state index in [2.05, 4.69) is 26.3 Å². The Balaban J connectivity index is 1.55. The van der Waals surface area contributed by atoms with Crippen LogP contribution in [0.3, 0.4) is 0 Å². The van der Waals surface area contributed by atoms with Crippen LogP contribution in [-0.2, 0) is 17.9 Å². The lowest BCUT2D eigenvalue weighted by Crippen LogP contribution is -2.43. The van der Waals surface area contributed by atoms with Gasteiger partial charge in [0.1, 0.15) is 17.9 Å². The number of nitrogens with zero attached hydrogens (tertiary/aromatic N) is 3. The number of pyridine rings is 1. The summed E-state index contributed by atoms with van der Waals surface area (Å²) in [5.41, 5.74) is 8.84.